The molecular weight excluding hydrogens is 158 g/mol. The maximum Gasteiger partial charge on any atom is 0.209 e. The molecule has 0 spiro atoms. The predicted molar refractivity (Wildman–Crippen MR) is 43.7 cm³/mol. The van der Waals surface area contributed by atoms with E-state index in [0.717, 1.165) is 6.41 Å². The second-order valence-electron chi connectivity index (χ2n) is 3.72. The van der Waals surface area contributed by atoms with Crippen molar-refractivity contribution in [3.63, 3.8) is 0 Å². The van der Waals surface area contributed by atoms with Crippen molar-refractivity contribution >= 4 is 6.41 Å². The number of carbonyl (C=O) groups excluding carboxylic acids is 1. The van der Waals surface area contributed by atoms with Crippen molar-refractivity contribution in [2.24, 2.45) is 0 Å². The summed E-state index contributed by atoms with van der Waals surface area (Å²) in [5.41, 5.74) is -0.341. The molecular formula is C8H15NO3. The second kappa shape index (κ2) is 3.41. The third-order valence-corrected chi connectivity index (χ3v) is 1.86. The van der Waals surface area contributed by atoms with E-state index in [9.17, 15) is 4.79 Å². The van der Waals surface area contributed by atoms with E-state index < -0.39 is 0 Å². The molecule has 0 radical (unpaired) electrons. The molecule has 1 fully saturated rings. The van der Waals surface area contributed by atoms with Gasteiger partial charge in [0.15, 0.2) is 0 Å². The molecule has 1 unspecified atom stereocenters. The lowest BCUT2D eigenvalue weighted by molar-refractivity contribution is -0.158. The van der Waals surface area contributed by atoms with Crippen LogP contribution in [-0.2, 0) is 9.53 Å². The summed E-state index contributed by atoms with van der Waals surface area (Å²) in [4.78, 5) is 12.1. The molecule has 4 nitrogen and oxygen atoms in total. The molecule has 0 aromatic rings. The lowest BCUT2D eigenvalue weighted by Gasteiger charge is -2.40. The van der Waals surface area contributed by atoms with Gasteiger partial charge in [-0.3, -0.25) is 4.79 Å². The van der Waals surface area contributed by atoms with Crippen molar-refractivity contribution in [2.75, 3.05) is 19.7 Å². The highest BCUT2D eigenvalue weighted by Crippen LogP contribution is 2.19. The molecule has 12 heavy (non-hydrogen) atoms. The fourth-order valence-corrected chi connectivity index (χ4v) is 1.52. The van der Waals surface area contributed by atoms with Crippen LogP contribution in [-0.4, -0.2) is 47.8 Å². The molecule has 4 heteroatoms. The Balaban J connectivity index is 2.58. The Bertz CT molecular complexity index is 170. The standard InChI is InChI=1S/C8H15NO3/c1-8(2)5-9(6-11)3-7(4-10)12-8/h6-7,10H,3-5H2,1-2H3. The predicted octanol–water partition coefficient (Wildman–Crippen LogP) is -0.385. The summed E-state index contributed by atoms with van der Waals surface area (Å²) in [5, 5.41) is 8.87. The first-order valence-electron chi connectivity index (χ1n) is 4.05. The van der Waals surface area contributed by atoms with Crippen LogP contribution >= 0.6 is 0 Å². The minimum atomic E-state index is -0.341. The van der Waals surface area contributed by atoms with Gasteiger partial charge in [0.1, 0.15) is 0 Å². The topological polar surface area (TPSA) is 49.8 Å². The summed E-state index contributed by atoms with van der Waals surface area (Å²) in [6, 6.07) is 0. The summed E-state index contributed by atoms with van der Waals surface area (Å²) < 4.78 is 5.50. The fourth-order valence-electron chi connectivity index (χ4n) is 1.52. The van der Waals surface area contributed by atoms with E-state index in [4.69, 9.17) is 9.84 Å². The minimum Gasteiger partial charge on any atom is -0.394 e. The van der Waals surface area contributed by atoms with Gasteiger partial charge < -0.3 is 14.7 Å². The number of nitrogens with zero attached hydrogens (tertiary/aromatic N) is 1. The smallest absolute Gasteiger partial charge is 0.209 e. The van der Waals surface area contributed by atoms with Crippen LogP contribution < -0.4 is 0 Å². The Morgan fingerprint density at radius 1 is 1.75 bits per heavy atom. The molecule has 0 aliphatic carbocycles. The number of amides is 1. The molecule has 70 valence electrons. The average molecular weight is 173 g/mol. The fraction of sp³-hybridized carbons (Fsp3) is 0.875. The van der Waals surface area contributed by atoms with Gasteiger partial charge >= 0.3 is 0 Å². The molecule has 1 rings (SSSR count). The third kappa shape index (κ3) is 2.19. The Morgan fingerprint density at radius 3 is 2.92 bits per heavy atom. The van der Waals surface area contributed by atoms with E-state index in [1.807, 2.05) is 13.8 Å². The van der Waals surface area contributed by atoms with Gasteiger partial charge in [-0.25, -0.2) is 0 Å². The van der Waals surface area contributed by atoms with Crippen LogP contribution in [0.25, 0.3) is 0 Å². The molecule has 1 atom stereocenters. The highest BCUT2D eigenvalue weighted by atomic mass is 16.5. The quantitative estimate of drug-likeness (QED) is 0.579. The van der Waals surface area contributed by atoms with Gasteiger partial charge in [-0.2, -0.15) is 0 Å². The number of morpholine rings is 1. The molecule has 1 saturated heterocycles. The van der Waals surface area contributed by atoms with Gasteiger partial charge in [0.2, 0.25) is 6.41 Å². The van der Waals surface area contributed by atoms with Gasteiger partial charge in [-0.1, -0.05) is 0 Å². The maximum atomic E-state index is 10.5. The van der Waals surface area contributed by atoms with E-state index >= 15 is 0 Å². The van der Waals surface area contributed by atoms with Gasteiger partial charge in [-0.15, -0.1) is 0 Å². The first-order chi connectivity index (χ1) is 5.57. The molecule has 0 bridgehead atoms. The molecule has 1 amide bonds. The monoisotopic (exact) mass is 173 g/mol. The van der Waals surface area contributed by atoms with Gasteiger partial charge in [-0.05, 0) is 13.8 Å². The van der Waals surface area contributed by atoms with Crippen molar-refractivity contribution in [1.82, 2.24) is 4.90 Å². The van der Waals surface area contributed by atoms with Crippen molar-refractivity contribution in [2.45, 2.75) is 25.6 Å². The Kier molecular flexibility index (Phi) is 2.69. The Labute approximate surface area is 72.1 Å². The van der Waals surface area contributed by atoms with Gasteiger partial charge in [0.25, 0.3) is 0 Å². The summed E-state index contributed by atoms with van der Waals surface area (Å²) in [6.45, 7) is 4.86. The van der Waals surface area contributed by atoms with Gasteiger partial charge in [0, 0.05) is 13.1 Å². The zero-order chi connectivity index (χ0) is 9.19. The van der Waals surface area contributed by atoms with Crippen LogP contribution in [0.1, 0.15) is 13.8 Å². The number of ether oxygens (including phenoxy) is 1. The van der Waals surface area contributed by atoms with E-state index in [1.54, 1.807) is 4.90 Å². The lowest BCUT2D eigenvalue weighted by atomic mass is 10.1. The van der Waals surface area contributed by atoms with E-state index in [-0.39, 0.29) is 18.3 Å². The second-order valence-corrected chi connectivity index (χ2v) is 3.72. The van der Waals surface area contributed by atoms with Crippen LogP contribution in [0.15, 0.2) is 0 Å². The SMILES string of the molecule is CC1(C)CN(C=O)CC(CO)O1. The van der Waals surface area contributed by atoms with Crippen LogP contribution in [0.2, 0.25) is 0 Å². The average Bonchev–Trinajstić information content (AvgIpc) is 2.01. The largest absolute Gasteiger partial charge is 0.394 e. The van der Waals surface area contributed by atoms with E-state index in [2.05, 4.69) is 0 Å². The molecule has 1 aliphatic rings. The highest BCUT2D eigenvalue weighted by Gasteiger charge is 2.32. The summed E-state index contributed by atoms with van der Waals surface area (Å²) in [7, 11) is 0. The third-order valence-electron chi connectivity index (χ3n) is 1.86. The lowest BCUT2D eigenvalue weighted by Crippen LogP contribution is -2.53. The number of aliphatic hydroxyl groups is 1. The van der Waals surface area contributed by atoms with E-state index in [0.29, 0.717) is 13.1 Å². The van der Waals surface area contributed by atoms with Crippen LogP contribution in [0.3, 0.4) is 0 Å². The van der Waals surface area contributed by atoms with E-state index in [1.165, 1.54) is 0 Å². The molecule has 1 aliphatic heterocycles. The highest BCUT2D eigenvalue weighted by molar-refractivity contribution is 5.47. The zero-order valence-electron chi connectivity index (χ0n) is 7.49. The first kappa shape index (κ1) is 9.48. The molecule has 0 saturated carbocycles. The van der Waals surface area contributed by atoms with Crippen molar-refractivity contribution < 1.29 is 14.6 Å². The first-order valence-corrected chi connectivity index (χ1v) is 4.05. The van der Waals surface area contributed by atoms with Crippen LogP contribution in [0.4, 0.5) is 0 Å². The Hall–Kier alpha value is -0.610. The van der Waals surface area contributed by atoms with Crippen molar-refractivity contribution in [1.29, 1.82) is 0 Å². The molecule has 0 aromatic carbocycles. The van der Waals surface area contributed by atoms with Crippen LogP contribution in [0, 0.1) is 0 Å². The van der Waals surface area contributed by atoms with Crippen molar-refractivity contribution in [3.05, 3.63) is 0 Å². The maximum absolute atomic E-state index is 10.5. The normalized spacial score (nSPS) is 28.6. The molecule has 1 heterocycles. The zero-order valence-corrected chi connectivity index (χ0v) is 7.49. The molecule has 0 aromatic heterocycles. The molecule has 1 N–H and O–H groups in total. The number of aliphatic hydroxyl groups excluding tert-OH is 1. The number of hydrogen-bond donors (Lipinski definition) is 1. The van der Waals surface area contributed by atoms with Crippen molar-refractivity contribution in [3.8, 4) is 0 Å². The number of carbonyl (C=O) groups is 1. The summed E-state index contributed by atoms with van der Waals surface area (Å²) in [6.07, 6.45) is 0.561. The van der Waals surface area contributed by atoms with Gasteiger partial charge in [0.05, 0.1) is 18.3 Å². The Morgan fingerprint density at radius 2 is 2.42 bits per heavy atom. The number of rotatable bonds is 2. The summed E-state index contributed by atoms with van der Waals surface area (Å²) >= 11 is 0. The number of hydrogen-bond acceptors (Lipinski definition) is 3. The van der Waals surface area contributed by atoms with Crippen LogP contribution in [0.5, 0.6) is 0 Å². The minimum absolute atomic E-state index is 0.0340. The summed E-state index contributed by atoms with van der Waals surface area (Å²) in [5.74, 6) is 0.